The summed E-state index contributed by atoms with van der Waals surface area (Å²) in [6.07, 6.45) is 1.16. The lowest BCUT2D eigenvalue weighted by Crippen LogP contribution is -2.16. The Labute approximate surface area is 83.8 Å². The van der Waals surface area contributed by atoms with Crippen molar-refractivity contribution in [2.45, 2.75) is 19.4 Å². The lowest BCUT2D eigenvalue weighted by molar-refractivity contribution is 0.141. The van der Waals surface area contributed by atoms with Crippen molar-refractivity contribution < 1.29 is 9.47 Å². The van der Waals surface area contributed by atoms with Crippen molar-refractivity contribution in [3.8, 4) is 5.75 Å². The Kier molecular flexibility index (Phi) is 2.59. The van der Waals surface area contributed by atoms with Gasteiger partial charge in [0, 0.05) is 18.2 Å². The molecule has 2 N–H and O–H groups in total. The molecule has 1 heterocycles. The first kappa shape index (κ1) is 9.34. The van der Waals surface area contributed by atoms with Gasteiger partial charge in [-0.3, -0.25) is 0 Å². The molecule has 0 spiro atoms. The second-order valence-electron chi connectivity index (χ2n) is 3.63. The molecule has 3 heteroatoms. The van der Waals surface area contributed by atoms with Gasteiger partial charge in [-0.05, 0) is 18.6 Å². The zero-order chi connectivity index (χ0) is 9.97. The number of hydrogen-bond donors (Lipinski definition) is 1. The first-order valence-corrected chi connectivity index (χ1v) is 4.86. The highest BCUT2D eigenvalue weighted by atomic mass is 16.5. The van der Waals surface area contributed by atoms with Gasteiger partial charge in [0.2, 0.25) is 0 Å². The molecule has 1 aromatic carbocycles. The van der Waals surface area contributed by atoms with Gasteiger partial charge >= 0.3 is 0 Å². The number of benzene rings is 1. The van der Waals surface area contributed by atoms with Crippen LogP contribution in [0.5, 0.6) is 5.75 Å². The number of rotatable bonds is 2. The monoisotopic (exact) mass is 193 g/mol. The van der Waals surface area contributed by atoms with Crippen LogP contribution in [0.1, 0.15) is 12.0 Å². The molecule has 0 aliphatic carbocycles. The molecule has 1 aliphatic heterocycles. The molecule has 1 atom stereocenters. The molecule has 0 saturated carbocycles. The molecule has 0 aromatic heterocycles. The molecule has 1 aromatic rings. The number of nitrogen functional groups attached to an aromatic ring is 1. The van der Waals surface area contributed by atoms with Crippen LogP contribution in [0.4, 0.5) is 5.69 Å². The van der Waals surface area contributed by atoms with Gasteiger partial charge in [-0.15, -0.1) is 0 Å². The van der Waals surface area contributed by atoms with Gasteiger partial charge in [0.25, 0.3) is 0 Å². The van der Waals surface area contributed by atoms with E-state index in [2.05, 4.69) is 0 Å². The van der Waals surface area contributed by atoms with E-state index in [1.807, 2.05) is 25.1 Å². The average molecular weight is 193 g/mol. The Morgan fingerprint density at radius 1 is 1.50 bits per heavy atom. The Hall–Kier alpha value is -1.22. The van der Waals surface area contributed by atoms with Crippen LogP contribution >= 0.6 is 0 Å². The van der Waals surface area contributed by atoms with E-state index < -0.39 is 0 Å². The summed E-state index contributed by atoms with van der Waals surface area (Å²) < 4.78 is 11.0. The normalized spacial score (nSPS) is 21.1. The van der Waals surface area contributed by atoms with Crippen LogP contribution in [0.2, 0.25) is 0 Å². The zero-order valence-corrected chi connectivity index (χ0v) is 8.32. The Morgan fingerprint density at radius 3 is 3.07 bits per heavy atom. The summed E-state index contributed by atoms with van der Waals surface area (Å²) in [6, 6.07) is 5.72. The van der Waals surface area contributed by atoms with E-state index >= 15 is 0 Å². The molecule has 1 fully saturated rings. The molecular formula is C11H15NO2. The fraction of sp³-hybridized carbons (Fsp3) is 0.455. The van der Waals surface area contributed by atoms with Crippen molar-refractivity contribution in [2.75, 3.05) is 18.9 Å². The minimum absolute atomic E-state index is 0.190. The third-order valence-corrected chi connectivity index (χ3v) is 2.39. The number of ether oxygens (including phenoxy) is 2. The van der Waals surface area contributed by atoms with E-state index in [4.69, 9.17) is 15.2 Å². The van der Waals surface area contributed by atoms with Crippen LogP contribution in [-0.4, -0.2) is 19.3 Å². The quantitative estimate of drug-likeness (QED) is 0.728. The number of hydrogen-bond acceptors (Lipinski definition) is 3. The molecule has 1 unspecified atom stereocenters. The fourth-order valence-electron chi connectivity index (χ4n) is 1.53. The maximum Gasteiger partial charge on any atom is 0.124 e. The highest BCUT2D eigenvalue weighted by molar-refractivity contribution is 5.48. The van der Waals surface area contributed by atoms with Gasteiger partial charge < -0.3 is 15.2 Å². The predicted octanol–water partition coefficient (Wildman–Crippen LogP) is 1.74. The van der Waals surface area contributed by atoms with Crippen molar-refractivity contribution in [1.29, 1.82) is 0 Å². The molecule has 0 amide bonds. The standard InChI is InChI=1S/C11H15NO2/c1-8-2-3-9(12)6-11(8)14-10-4-5-13-7-10/h2-3,6,10H,4-5,7,12H2,1H3. The third-order valence-electron chi connectivity index (χ3n) is 2.39. The topological polar surface area (TPSA) is 44.5 Å². The molecule has 1 saturated heterocycles. The second-order valence-corrected chi connectivity index (χ2v) is 3.63. The molecule has 1 aliphatic rings. The number of anilines is 1. The second kappa shape index (κ2) is 3.88. The minimum Gasteiger partial charge on any atom is -0.488 e. The molecular weight excluding hydrogens is 178 g/mol. The van der Waals surface area contributed by atoms with Crippen LogP contribution in [-0.2, 0) is 4.74 Å². The highest BCUT2D eigenvalue weighted by Gasteiger charge is 2.17. The van der Waals surface area contributed by atoms with E-state index in [1.54, 1.807) is 0 Å². The Morgan fingerprint density at radius 2 is 2.36 bits per heavy atom. The van der Waals surface area contributed by atoms with Crippen LogP contribution in [0.3, 0.4) is 0 Å². The van der Waals surface area contributed by atoms with Gasteiger partial charge in [-0.2, -0.15) is 0 Å². The maximum atomic E-state index is 5.78. The first-order valence-electron chi connectivity index (χ1n) is 4.86. The van der Waals surface area contributed by atoms with E-state index in [1.165, 1.54) is 0 Å². The Bertz CT molecular complexity index is 319. The predicted molar refractivity (Wildman–Crippen MR) is 55.4 cm³/mol. The summed E-state index contributed by atoms with van der Waals surface area (Å²) in [5, 5.41) is 0. The molecule has 0 bridgehead atoms. The fourth-order valence-corrected chi connectivity index (χ4v) is 1.53. The van der Waals surface area contributed by atoms with Crippen LogP contribution in [0.15, 0.2) is 18.2 Å². The SMILES string of the molecule is Cc1ccc(N)cc1OC1CCOC1. The van der Waals surface area contributed by atoms with Crippen LogP contribution < -0.4 is 10.5 Å². The summed E-state index contributed by atoms with van der Waals surface area (Å²) in [4.78, 5) is 0. The smallest absolute Gasteiger partial charge is 0.124 e. The van der Waals surface area contributed by atoms with Crippen molar-refractivity contribution in [3.05, 3.63) is 23.8 Å². The van der Waals surface area contributed by atoms with Gasteiger partial charge in [0.05, 0.1) is 13.2 Å². The van der Waals surface area contributed by atoms with E-state index in [0.29, 0.717) is 6.61 Å². The summed E-state index contributed by atoms with van der Waals surface area (Å²) in [5.74, 6) is 0.875. The molecule has 14 heavy (non-hydrogen) atoms. The lowest BCUT2D eigenvalue weighted by atomic mass is 10.2. The van der Waals surface area contributed by atoms with Crippen molar-refractivity contribution in [3.63, 3.8) is 0 Å². The number of nitrogens with two attached hydrogens (primary N) is 1. The van der Waals surface area contributed by atoms with Crippen molar-refractivity contribution in [1.82, 2.24) is 0 Å². The maximum absolute atomic E-state index is 5.78. The summed E-state index contributed by atoms with van der Waals surface area (Å²) >= 11 is 0. The zero-order valence-electron chi connectivity index (χ0n) is 8.32. The Balaban J connectivity index is 2.10. The van der Waals surface area contributed by atoms with E-state index in [9.17, 15) is 0 Å². The van der Waals surface area contributed by atoms with Crippen LogP contribution in [0.25, 0.3) is 0 Å². The van der Waals surface area contributed by atoms with E-state index in [-0.39, 0.29) is 6.10 Å². The minimum atomic E-state index is 0.190. The van der Waals surface area contributed by atoms with Crippen molar-refractivity contribution in [2.24, 2.45) is 0 Å². The first-order chi connectivity index (χ1) is 6.75. The van der Waals surface area contributed by atoms with Gasteiger partial charge in [0.15, 0.2) is 0 Å². The molecule has 2 rings (SSSR count). The molecule has 3 nitrogen and oxygen atoms in total. The summed E-state index contributed by atoms with van der Waals surface area (Å²) in [7, 11) is 0. The average Bonchev–Trinajstić information content (AvgIpc) is 2.64. The summed E-state index contributed by atoms with van der Waals surface area (Å²) in [5.41, 5.74) is 7.55. The number of aryl methyl sites for hydroxylation is 1. The van der Waals surface area contributed by atoms with Gasteiger partial charge in [-0.25, -0.2) is 0 Å². The third kappa shape index (κ3) is 1.99. The van der Waals surface area contributed by atoms with Gasteiger partial charge in [0.1, 0.15) is 11.9 Å². The highest BCUT2D eigenvalue weighted by Crippen LogP contribution is 2.23. The van der Waals surface area contributed by atoms with E-state index in [0.717, 1.165) is 30.0 Å². The van der Waals surface area contributed by atoms with Gasteiger partial charge in [-0.1, -0.05) is 6.07 Å². The summed E-state index contributed by atoms with van der Waals surface area (Å²) in [6.45, 7) is 3.50. The lowest BCUT2D eigenvalue weighted by Gasteiger charge is -2.14. The largest absolute Gasteiger partial charge is 0.488 e. The molecule has 0 radical (unpaired) electrons. The molecule has 76 valence electrons. The van der Waals surface area contributed by atoms with Crippen LogP contribution in [0, 0.1) is 6.92 Å². The van der Waals surface area contributed by atoms with Crippen molar-refractivity contribution >= 4 is 5.69 Å².